The van der Waals surface area contributed by atoms with Gasteiger partial charge in [-0.05, 0) is 68.5 Å². The fraction of sp³-hybridized carbons (Fsp3) is 0.400. The van der Waals surface area contributed by atoms with E-state index in [-0.39, 0.29) is 22.9 Å². The van der Waals surface area contributed by atoms with E-state index in [2.05, 4.69) is 21.0 Å². The average molecular weight is 564 g/mol. The van der Waals surface area contributed by atoms with Crippen LogP contribution in [0.5, 0.6) is 17.2 Å². The standard InChI is InChI=1S/C30H37N5O6/c1-15-27(17(3)35(5)34-15)33-30(38)16(2)31-23-12-10-20-21(14-24(23)37)22(32-18(4)36)11-9-19-13-25(39-6)28(40-7)29(41-8)26(19)20/h10,12-14,16,22H,9,11H2,1-8H3,(H,31,37)(H,32,36)(H,33,38). The first-order chi connectivity index (χ1) is 19.5. The van der Waals surface area contributed by atoms with Crippen LogP contribution in [0.15, 0.2) is 29.1 Å². The van der Waals surface area contributed by atoms with E-state index in [1.165, 1.54) is 20.1 Å². The predicted octanol–water partition coefficient (Wildman–Crippen LogP) is 3.65. The molecule has 0 bridgehead atoms. The summed E-state index contributed by atoms with van der Waals surface area (Å²) in [4.78, 5) is 38.8. The highest BCUT2D eigenvalue weighted by molar-refractivity contribution is 5.97. The zero-order valence-corrected chi connectivity index (χ0v) is 24.7. The van der Waals surface area contributed by atoms with Gasteiger partial charge in [0.1, 0.15) is 6.04 Å². The van der Waals surface area contributed by atoms with Gasteiger partial charge < -0.3 is 30.2 Å². The number of anilines is 2. The molecule has 0 fully saturated rings. The van der Waals surface area contributed by atoms with Crippen molar-refractivity contribution in [3.05, 3.63) is 57.0 Å². The van der Waals surface area contributed by atoms with Gasteiger partial charge in [0, 0.05) is 19.5 Å². The van der Waals surface area contributed by atoms with Crippen LogP contribution in [0.25, 0.3) is 11.1 Å². The van der Waals surface area contributed by atoms with Crippen LogP contribution < -0.4 is 35.6 Å². The quantitative estimate of drug-likeness (QED) is 0.378. The molecule has 0 spiro atoms. The second-order valence-corrected chi connectivity index (χ2v) is 10.1. The van der Waals surface area contributed by atoms with Crippen LogP contribution >= 0.6 is 0 Å². The Morgan fingerprint density at radius 3 is 2.37 bits per heavy atom. The van der Waals surface area contributed by atoms with Crippen LogP contribution in [0.1, 0.15) is 48.8 Å². The summed E-state index contributed by atoms with van der Waals surface area (Å²) in [5, 5.41) is 13.3. The van der Waals surface area contributed by atoms with Crippen molar-refractivity contribution in [3.8, 4) is 28.4 Å². The van der Waals surface area contributed by atoms with E-state index in [1.807, 2.05) is 33.0 Å². The third kappa shape index (κ3) is 5.70. The van der Waals surface area contributed by atoms with Crippen LogP contribution in [0.4, 0.5) is 11.4 Å². The molecule has 3 aromatic rings. The highest BCUT2D eigenvalue weighted by atomic mass is 16.5. The molecule has 3 N–H and O–H groups in total. The molecule has 0 radical (unpaired) electrons. The summed E-state index contributed by atoms with van der Waals surface area (Å²) in [6.45, 7) is 6.83. The Kier molecular flexibility index (Phi) is 8.55. The van der Waals surface area contributed by atoms with Crippen molar-refractivity contribution in [1.29, 1.82) is 0 Å². The molecule has 2 amide bonds. The number of fused-ring (bicyclic) bond motifs is 3. The van der Waals surface area contributed by atoms with Crippen molar-refractivity contribution in [2.75, 3.05) is 32.0 Å². The summed E-state index contributed by atoms with van der Waals surface area (Å²) in [5.41, 5.74) is 5.12. The van der Waals surface area contributed by atoms with Gasteiger partial charge in [-0.2, -0.15) is 5.10 Å². The fourth-order valence-corrected chi connectivity index (χ4v) is 5.31. The molecule has 1 aliphatic rings. The lowest BCUT2D eigenvalue weighted by atomic mass is 9.95. The van der Waals surface area contributed by atoms with Crippen LogP contribution in [0.3, 0.4) is 0 Å². The minimum absolute atomic E-state index is 0.211. The molecule has 0 saturated carbocycles. The van der Waals surface area contributed by atoms with Gasteiger partial charge in [0.25, 0.3) is 0 Å². The molecule has 1 aromatic heterocycles. The molecule has 2 unspecified atom stereocenters. The molecule has 1 heterocycles. The molecule has 0 aliphatic heterocycles. The Bertz CT molecular complexity index is 1560. The predicted molar refractivity (Wildman–Crippen MR) is 157 cm³/mol. The zero-order chi connectivity index (χ0) is 30.0. The van der Waals surface area contributed by atoms with Gasteiger partial charge in [0.15, 0.2) is 11.5 Å². The number of benzene rings is 1. The Balaban J connectivity index is 1.81. The summed E-state index contributed by atoms with van der Waals surface area (Å²) in [6, 6.07) is 5.72. The minimum atomic E-state index is -0.735. The van der Waals surface area contributed by atoms with E-state index >= 15 is 0 Å². The molecule has 11 heteroatoms. The van der Waals surface area contributed by atoms with Gasteiger partial charge in [0.05, 0.1) is 50.1 Å². The lowest BCUT2D eigenvalue weighted by Gasteiger charge is -2.19. The summed E-state index contributed by atoms with van der Waals surface area (Å²) < 4.78 is 18.7. The molecule has 4 rings (SSSR count). The maximum Gasteiger partial charge on any atom is 0.246 e. The van der Waals surface area contributed by atoms with Gasteiger partial charge >= 0.3 is 0 Å². The van der Waals surface area contributed by atoms with Crippen molar-refractivity contribution < 1.29 is 23.8 Å². The van der Waals surface area contributed by atoms with E-state index in [4.69, 9.17) is 14.2 Å². The number of hydrogen-bond acceptors (Lipinski definition) is 8. The number of hydrogen-bond donors (Lipinski definition) is 3. The van der Waals surface area contributed by atoms with Crippen LogP contribution in [-0.2, 0) is 23.1 Å². The number of carbonyl (C=O) groups excluding carboxylic acids is 2. The molecule has 218 valence electrons. The number of methoxy groups -OCH3 is 3. The molecular weight excluding hydrogens is 526 g/mol. The maximum absolute atomic E-state index is 13.6. The molecule has 2 aromatic carbocycles. The van der Waals surface area contributed by atoms with Crippen molar-refractivity contribution >= 4 is 23.2 Å². The van der Waals surface area contributed by atoms with E-state index in [9.17, 15) is 14.4 Å². The van der Waals surface area contributed by atoms with Crippen LogP contribution in [0.2, 0.25) is 0 Å². The minimum Gasteiger partial charge on any atom is -0.493 e. The lowest BCUT2D eigenvalue weighted by Crippen LogP contribution is -2.33. The summed E-state index contributed by atoms with van der Waals surface area (Å²) >= 11 is 0. The number of rotatable bonds is 8. The van der Waals surface area contributed by atoms with E-state index < -0.39 is 12.1 Å². The van der Waals surface area contributed by atoms with Gasteiger partial charge in [-0.25, -0.2) is 0 Å². The molecule has 11 nitrogen and oxygen atoms in total. The first kappa shape index (κ1) is 29.4. The van der Waals surface area contributed by atoms with Gasteiger partial charge in [0.2, 0.25) is 23.0 Å². The summed E-state index contributed by atoms with van der Waals surface area (Å²) in [5.74, 6) is 0.897. The highest BCUT2D eigenvalue weighted by Gasteiger charge is 2.29. The molecular formula is C30H37N5O6. The monoisotopic (exact) mass is 563 g/mol. The van der Waals surface area contributed by atoms with Crippen molar-refractivity contribution in [2.24, 2.45) is 7.05 Å². The number of aromatic nitrogens is 2. The Morgan fingerprint density at radius 2 is 1.78 bits per heavy atom. The van der Waals surface area contributed by atoms with Crippen LogP contribution in [-0.4, -0.2) is 49.0 Å². The fourth-order valence-electron chi connectivity index (χ4n) is 5.31. The molecule has 0 saturated heterocycles. The smallest absolute Gasteiger partial charge is 0.246 e. The average Bonchev–Trinajstić information content (AvgIpc) is 3.04. The second-order valence-electron chi connectivity index (χ2n) is 10.1. The number of aryl methyl sites for hydroxylation is 3. The highest BCUT2D eigenvalue weighted by Crippen LogP contribution is 2.50. The first-order valence-corrected chi connectivity index (χ1v) is 13.4. The lowest BCUT2D eigenvalue weighted by molar-refractivity contribution is -0.119. The number of amides is 2. The van der Waals surface area contributed by atoms with Gasteiger partial charge in [-0.15, -0.1) is 0 Å². The Morgan fingerprint density at radius 1 is 1.07 bits per heavy atom. The molecule has 41 heavy (non-hydrogen) atoms. The second kappa shape index (κ2) is 11.9. The third-order valence-corrected chi connectivity index (χ3v) is 7.44. The Hall–Kier alpha value is -4.54. The van der Waals surface area contributed by atoms with E-state index in [0.717, 1.165) is 16.8 Å². The van der Waals surface area contributed by atoms with Crippen LogP contribution in [0, 0.1) is 13.8 Å². The summed E-state index contributed by atoms with van der Waals surface area (Å²) in [7, 11) is 6.46. The largest absolute Gasteiger partial charge is 0.493 e. The van der Waals surface area contributed by atoms with E-state index in [0.29, 0.717) is 52.6 Å². The Labute approximate surface area is 239 Å². The van der Waals surface area contributed by atoms with Gasteiger partial charge in [-0.3, -0.25) is 19.1 Å². The summed E-state index contributed by atoms with van der Waals surface area (Å²) in [6.07, 6.45) is 1.14. The number of nitrogens with zero attached hydrogens (tertiary/aromatic N) is 2. The van der Waals surface area contributed by atoms with Gasteiger partial charge in [-0.1, -0.05) is 6.07 Å². The number of carbonyl (C=O) groups is 2. The topological polar surface area (TPSA) is 133 Å². The zero-order valence-electron chi connectivity index (χ0n) is 24.7. The van der Waals surface area contributed by atoms with Crippen molar-refractivity contribution in [3.63, 3.8) is 0 Å². The van der Waals surface area contributed by atoms with Crippen molar-refractivity contribution in [2.45, 2.75) is 52.6 Å². The maximum atomic E-state index is 13.6. The SMILES string of the molecule is COc1cc2c(c(OC)c1OC)-c1ccc(NC(C)C(=O)Nc3c(C)nn(C)c3C)c(=O)cc1C(NC(C)=O)CC2. The first-order valence-electron chi connectivity index (χ1n) is 13.4. The third-order valence-electron chi connectivity index (χ3n) is 7.44. The van der Waals surface area contributed by atoms with E-state index in [1.54, 1.807) is 31.9 Å². The normalized spacial score (nSPS) is 14.6. The molecule has 2 atom stereocenters. The van der Waals surface area contributed by atoms with Crippen molar-refractivity contribution in [1.82, 2.24) is 15.1 Å². The molecule has 1 aliphatic carbocycles. The number of nitrogens with one attached hydrogen (secondary N) is 3. The number of ether oxygens (including phenoxy) is 3.